The first kappa shape index (κ1) is 19.2. The number of aromatic hydroxyl groups is 1. The molecule has 0 aliphatic rings. The molecule has 32 heavy (non-hydrogen) atoms. The average Bonchev–Trinajstić information content (AvgIpc) is 3.30. The quantitative estimate of drug-likeness (QED) is 0.217. The number of aliphatic imine (C=N–C) groups is 1. The molecule has 0 saturated heterocycles. The third-order valence-corrected chi connectivity index (χ3v) is 5.04. The van der Waals surface area contributed by atoms with Crippen LogP contribution in [0.5, 0.6) is 5.75 Å². The van der Waals surface area contributed by atoms with Crippen LogP contribution in [0.4, 0.5) is 22.7 Å². The van der Waals surface area contributed by atoms with E-state index in [0.717, 1.165) is 10.8 Å². The highest BCUT2D eigenvalue weighted by Crippen LogP contribution is 2.34. The van der Waals surface area contributed by atoms with Crippen LogP contribution in [0.25, 0.3) is 21.8 Å². The van der Waals surface area contributed by atoms with Gasteiger partial charge in [-0.1, -0.05) is 42.5 Å². The fourth-order valence-corrected chi connectivity index (χ4v) is 3.49. The highest BCUT2D eigenvalue weighted by molar-refractivity contribution is 6.03. The highest BCUT2D eigenvalue weighted by atomic mass is 16.6. The molecule has 156 valence electrons. The largest absolute Gasteiger partial charge is 0.507 e. The van der Waals surface area contributed by atoms with E-state index in [1.54, 1.807) is 18.3 Å². The maximum Gasteiger partial charge on any atom is 0.300 e. The third-order valence-electron chi connectivity index (χ3n) is 5.04. The Balaban J connectivity index is 1.54. The van der Waals surface area contributed by atoms with Gasteiger partial charge in [0.1, 0.15) is 5.75 Å². The van der Waals surface area contributed by atoms with Crippen molar-refractivity contribution < 1.29 is 14.7 Å². The molecule has 5 rings (SSSR count). The van der Waals surface area contributed by atoms with Gasteiger partial charge in [0.2, 0.25) is 5.52 Å². The third kappa shape index (κ3) is 3.37. The van der Waals surface area contributed by atoms with Crippen molar-refractivity contribution in [3.05, 3.63) is 88.5 Å². The zero-order chi connectivity index (χ0) is 22.1. The van der Waals surface area contributed by atoms with Gasteiger partial charge in [-0.3, -0.25) is 15.1 Å². The Hall–Kier alpha value is -4.79. The van der Waals surface area contributed by atoms with Crippen molar-refractivity contribution in [2.45, 2.75) is 0 Å². The van der Waals surface area contributed by atoms with Crippen LogP contribution >= 0.6 is 0 Å². The normalized spacial score (nSPS) is 11.4. The maximum absolute atomic E-state index is 11.2. The van der Waals surface area contributed by atoms with Crippen molar-refractivity contribution in [3.8, 4) is 5.75 Å². The molecule has 0 fully saturated rings. The SMILES string of the molecule is O=[N+]([O-])c1ccc(Nc2ccccc2N=Cc2c(O)ccc3ccccc23)c2nonc12. The first-order valence-corrected chi connectivity index (χ1v) is 9.62. The molecule has 4 aromatic carbocycles. The number of benzene rings is 4. The standard InChI is InChI=1S/C23H15N5O4/c29-21-12-9-14-5-1-2-6-15(14)16(21)13-24-17-7-3-4-8-18(17)25-19-10-11-20(28(30)31)23-22(19)26-32-27-23/h1-13,25,29H. The number of hydrogen-bond acceptors (Lipinski definition) is 8. The van der Waals surface area contributed by atoms with Crippen molar-refractivity contribution in [1.29, 1.82) is 0 Å². The monoisotopic (exact) mass is 425 g/mol. The molecule has 0 saturated carbocycles. The maximum atomic E-state index is 11.2. The van der Waals surface area contributed by atoms with Crippen LogP contribution in [0, 0.1) is 10.1 Å². The Morgan fingerprint density at radius 2 is 1.72 bits per heavy atom. The van der Waals surface area contributed by atoms with Gasteiger partial charge in [0.05, 0.1) is 22.0 Å². The lowest BCUT2D eigenvalue weighted by molar-refractivity contribution is -0.383. The smallest absolute Gasteiger partial charge is 0.300 e. The molecular formula is C23H15N5O4. The summed E-state index contributed by atoms with van der Waals surface area (Å²) in [5, 5.41) is 34.1. The fraction of sp³-hybridized carbons (Fsp3) is 0. The second kappa shape index (κ2) is 7.80. The number of para-hydroxylation sites is 2. The van der Waals surface area contributed by atoms with Gasteiger partial charge in [0, 0.05) is 17.8 Å². The van der Waals surface area contributed by atoms with E-state index >= 15 is 0 Å². The summed E-state index contributed by atoms with van der Waals surface area (Å²) in [4.78, 5) is 15.3. The number of nitro benzene ring substituents is 1. The molecule has 0 radical (unpaired) electrons. The fourth-order valence-electron chi connectivity index (χ4n) is 3.49. The number of nitro groups is 1. The summed E-state index contributed by atoms with van der Waals surface area (Å²) in [5.74, 6) is 0.128. The van der Waals surface area contributed by atoms with Gasteiger partial charge in [-0.05, 0) is 45.4 Å². The minimum atomic E-state index is -0.536. The first-order valence-electron chi connectivity index (χ1n) is 9.62. The summed E-state index contributed by atoms with van der Waals surface area (Å²) in [5.41, 5.74) is 2.44. The molecule has 0 amide bonds. The number of anilines is 2. The molecule has 0 aliphatic carbocycles. The van der Waals surface area contributed by atoms with Crippen molar-refractivity contribution >= 4 is 50.8 Å². The van der Waals surface area contributed by atoms with Crippen molar-refractivity contribution in [3.63, 3.8) is 0 Å². The minimum absolute atomic E-state index is 0.0571. The molecule has 0 atom stereocenters. The molecule has 9 nitrogen and oxygen atoms in total. The van der Waals surface area contributed by atoms with E-state index in [4.69, 9.17) is 4.63 Å². The van der Waals surface area contributed by atoms with Crippen molar-refractivity contribution in [2.75, 3.05) is 5.32 Å². The van der Waals surface area contributed by atoms with Crippen LogP contribution in [0.3, 0.4) is 0 Å². The minimum Gasteiger partial charge on any atom is -0.507 e. The van der Waals surface area contributed by atoms with E-state index in [2.05, 4.69) is 20.6 Å². The van der Waals surface area contributed by atoms with Crippen LogP contribution in [-0.4, -0.2) is 26.6 Å². The van der Waals surface area contributed by atoms with Gasteiger partial charge in [0.15, 0.2) is 5.52 Å². The zero-order valence-corrected chi connectivity index (χ0v) is 16.5. The molecule has 1 aromatic heterocycles. The van der Waals surface area contributed by atoms with Crippen LogP contribution in [0.1, 0.15) is 5.56 Å². The number of phenolic OH excluding ortho intramolecular Hbond substituents is 1. The van der Waals surface area contributed by atoms with Gasteiger partial charge >= 0.3 is 5.69 Å². The molecule has 0 unspecified atom stereocenters. The lowest BCUT2D eigenvalue weighted by Gasteiger charge is -2.10. The van der Waals surface area contributed by atoms with E-state index in [-0.39, 0.29) is 22.5 Å². The highest BCUT2D eigenvalue weighted by Gasteiger charge is 2.20. The Labute approximate surface area is 180 Å². The molecular weight excluding hydrogens is 410 g/mol. The van der Waals surface area contributed by atoms with Crippen LogP contribution < -0.4 is 5.32 Å². The molecule has 0 bridgehead atoms. The van der Waals surface area contributed by atoms with E-state index in [0.29, 0.717) is 22.6 Å². The molecule has 0 aliphatic heterocycles. The van der Waals surface area contributed by atoms with Crippen LogP contribution in [0.2, 0.25) is 0 Å². The first-order chi connectivity index (χ1) is 15.6. The van der Waals surface area contributed by atoms with Crippen LogP contribution in [-0.2, 0) is 0 Å². The molecule has 9 heteroatoms. The second-order valence-electron chi connectivity index (χ2n) is 6.97. The number of fused-ring (bicyclic) bond motifs is 2. The van der Waals surface area contributed by atoms with Gasteiger partial charge in [-0.25, -0.2) is 4.63 Å². The van der Waals surface area contributed by atoms with Gasteiger partial charge in [-0.15, -0.1) is 0 Å². The summed E-state index contributed by atoms with van der Waals surface area (Å²) >= 11 is 0. The van der Waals surface area contributed by atoms with Gasteiger partial charge < -0.3 is 10.4 Å². The molecule has 0 spiro atoms. The van der Waals surface area contributed by atoms with E-state index in [1.807, 2.05) is 54.6 Å². The number of non-ortho nitro benzene ring substituents is 1. The molecule has 1 heterocycles. The predicted octanol–water partition coefficient (Wildman–Crippen LogP) is 5.48. The van der Waals surface area contributed by atoms with Crippen LogP contribution in [0.15, 0.2) is 82.4 Å². The Morgan fingerprint density at radius 1 is 0.938 bits per heavy atom. The van der Waals surface area contributed by atoms with Gasteiger partial charge in [-0.2, -0.15) is 0 Å². The summed E-state index contributed by atoms with van der Waals surface area (Å²) < 4.78 is 4.72. The zero-order valence-electron chi connectivity index (χ0n) is 16.5. The Morgan fingerprint density at radius 3 is 2.59 bits per heavy atom. The lowest BCUT2D eigenvalue weighted by atomic mass is 10.0. The average molecular weight is 425 g/mol. The van der Waals surface area contributed by atoms with E-state index in [9.17, 15) is 15.2 Å². The Kier molecular flexibility index (Phi) is 4.68. The van der Waals surface area contributed by atoms with E-state index in [1.165, 1.54) is 6.07 Å². The molecule has 2 N–H and O–H groups in total. The predicted molar refractivity (Wildman–Crippen MR) is 121 cm³/mol. The Bertz CT molecular complexity index is 1510. The number of nitrogens with zero attached hydrogens (tertiary/aromatic N) is 4. The van der Waals surface area contributed by atoms with Gasteiger partial charge in [0.25, 0.3) is 0 Å². The summed E-state index contributed by atoms with van der Waals surface area (Å²) in [6, 6.07) is 21.4. The summed E-state index contributed by atoms with van der Waals surface area (Å²) in [7, 11) is 0. The lowest BCUT2D eigenvalue weighted by Crippen LogP contribution is -1.95. The van der Waals surface area contributed by atoms with E-state index < -0.39 is 4.92 Å². The number of nitrogens with one attached hydrogen (secondary N) is 1. The molecule has 5 aromatic rings. The topological polar surface area (TPSA) is 127 Å². The number of aromatic nitrogens is 2. The van der Waals surface area contributed by atoms with Crippen molar-refractivity contribution in [2.24, 2.45) is 4.99 Å². The number of phenols is 1. The summed E-state index contributed by atoms with van der Waals surface area (Å²) in [6.45, 7) is 0. The number of rotatable bonds is 5. The second-order valence-corrected chi connectivity index (χ2v) is 6.97. The number of hydrogen-bond donors (Lipinski definition) is 2. The summed E-state index contributed by atoms with van der Waals surface area (Å²) in [6.07, 6.45) is 1.61. The van der Waals surface area contributed by atoms with Crippen molar-refractivity contribution in [1.82, 2.24) is 10.3 Å².